The SMILES string of the molecule is CCn1cc(N)cc1C(=O)OCc1cc(F)cc(F)c1. The number of aromatic nitrogens is 1. The molecule has 6 heteroatoms. The predicted molar refractivity (Wildman–Crippen MR) is 70.0 cm³/mol. The lowest BCUT2D eigenvalue weighted by Crippen LogP contribution is -2.11. The zero-order chi connectivity index (χ0) is 14.7. The van der Waals surface area contributed by atoms with Gasteiger partial charge in [0.2, 0.25) is 0 Å². The van der Waals surface area contributed by atoms with Crippen LogP contribution in [-0.2, 0) is 17.9 Å². The monoisotopic (exact) mass is 280 g/mol. The summed E-state index contributed by atoms with van der Waals surface area (Å²) in [6.07, 6.45) is 1.62. The maximum absolute atomic E-state index is 13.0. The van der Waals surface area contributed by atoms with Gasteiger partial charge in [-0.05, 0) is 30.7 Å². The van der Waals surface area contributed by atoms with Gasteiger partial charge in [0.05, 0.1) is 5.69 Å². The Morgan fingerprint density at radius 1 is 1.25 bits per heavy atom. The molecular weight excluding hydrogens is 266 g/mol. The van der Waals surface area contributed by atoms with Crippen molar-refractivity contribution in [3.8, 4) is 0 Å². The average molecular weight is 280 g/mol. The van der Waals surface area contributed by atoms with E-state index in [9.17, 15) is 13.6 Å². The molecule has 2 aromatic rings. The first-order chi connectivity index (χ1) is 9.49. The Morgan fingerprint density at radius 3 is 2.50 bits per heavy atom. The fourth-order valence-corrected chi connectivity index (χ4v) is 1.88. The molecule has 0 saturated carbocycles. The van der Waals surface area contributed by atoms with Crippen LogP contribution < -0.4 is 5.73 Å². The summed E-state index contributed by atoms with van der Waals surface area (Å²) in [5.74, 6) is -2.01. The van der Waals surface area contributed by atoms with Crippen LogP contribution in [0.3, 0.4) is 0 Å². The second-order valence-corrected chi connectivity index (χ2v) is 4.30. The predicted octanol–water partition coefficient (Wildman–Crippen LogP) is 2.73. The molecule has 0 aliphatic heterocycles. The molecule has 106 valence electrons. The van der Waals surface area contributed by atoms with Gasteiger partial charge >= 0.3 is 5.97 Å². The molecule has 1 heterocycles. The normalized spacial score (nSPS) is 10.6. The van der Waals surface area contributed by atoms with E-state index in [-0.39, 0.29) is 12.2 Å². The van der Waals surface area contributed by atoms with Crippen LogP contribution in [0, 0.1) is 11.6 Å². The van der Waals surface area contributed by atoms with E-state index < -0.39 is 17.6 Å². The Bertz CT molecular complexity index is 618. The first-order valence-corrected chi connectivity index (χ1v) is 6.07. The standard InChI is InChI=1S/C14H14F2N2O2/c1-2-18-7-12(17)6-13(18)14(19)20-8-9-3-10(15)5-11(16)4-9/h3-7H,2,8,17H2,1H3. The largest absolute Gasteiger partial charge is 0.456 e. The number of hydrogen-bond donors (Lipinski definition) is 1. The molecule has 0 unspecified atom stereocenters. The van der Waals surface area contributed by atoms with E-state index in [4.69, 9.17) is 10.5 Å². The summed E-state index contributed by atoms with van der Waals surface area (Å²) in [5.41, 5.74) is 6.62. The molecular formula is C14H14F2N2O2. The van der Waals surface area contributed by atoms with Crippen molar-refractivity contribution in [3.05, 3.63) is 53.4 Å². The Hall–Kier alpha value is -2.37. The molecule has 0 bridgehead atoms. The van der Waals surface area contributed by atoms with Crippen molar-refractivity contribution in [2.75, 3.05) is 5.73 Å². The average Bonchev–Trinajstić information content (AvgIpc) is 2.76. The van der Waals surface area contributed by atoms with Crippen LogP contribution in [0.5, 0.6) is 0 Å². The molecule has 0 aliphatic carbocycles. The van der Waals surface area contributed by atoms with Crippen LogP contribution in [0.2, 0.25) is 0 Å². The highest BCUT2D eigenvalue weighted by atomic mass is 19.1. The highest BCUT2D eigenvalue weighted by Crippen LogP contribution is 2.14. The number of anilines is 1. The van der Waals surface area contributed by atoms with Gasteiger partial charge in [0.25, 0.3) is 0 Å². The van der Waals surface area contributed by atoms with Crippen LogP contribution in [0.4, 0.5) is 14.5 Å². The molecule has 1 aromatic heterocycles. The van der Waals surface area contributed by atoms with Crippen molar-refractivity contribution in [2.45, 2.75) is 20.1 Å². The third kappa shape index (κ3) is 3.14. The lowest BCUT2D eigenvalue weighted by molar-refractivity contribution is 0.0459. The summed E-state index contributed by atoms with van der Waals surface area (Å²) in [7, 11) is 0. The van der Waals surface area contributed by atoms with Gasteiger partial charge in [-0.1, -0.05) is 0 Å². The van der Waals surface area contributed by atoms with Crippen molar-refractivity contribution in [1.82, 2.24) is 4.57 Å². The van der Waals surface area contributed by atoms with E-state index in [2.05, 4.69) is 0 Å². The van der Waals surface area contributed by atoms with Gasteiger partial charge in [0.15, 0.2) is 0 Å². The molecule has 20 heavy (non-hydrogen) atoms. The summed E-state index contributed by atoms with van der Waals surface area (Å²) in [6, 6.07) is 4.49. The number of nitrogen functional groups attached to an aromatic ring is 1. The fraction of sp³-hybridized carbons (Fsp3) is 0.214. The maximum Gasteiger partial charge on any atom is 0.355 e. The minimum Gasteiger partial charge on any atom is -0.456 e. The number of rotatable bonds is 4. The van der Waals surface area contributed by atoms with Gasteiger partial charge in [-0.2, -0.15) is 0 Å². The Labute approximate surface area is 114 Å². The Balaban J connectivity index is 2.08. The highest BCUT2D eigenvalue weighted by molar-refractivity contribution is 5.89. The summed E-state index contributed by atoms with van der Waals surface area (Å²) in [6.45, 7) is 2.22. The number of nitrogens with zero attached hydrogens (tertiary/aromatic N) is 1. The molecule has 0 atom stereocenters. The second-order valence-electron chi connectivity index (χ2n) is 4.30. The molecule has 0 radical (unpaired) electrons. The summed E-state index contributed by atoms with van der Waals surface area (Å²) >= 11 is 0. The van der Waals surface area contributed by atoms with Crippen LogP contribution in [0.25, 0.3) is 0 Å². The fourth-order valence-electron chi connectivity index (χ4n) is 1.88. The number of carbonyl (C=O) groups is 1. The third-order valence-electron chi connectivity index (χ3n) is 2.76. The number of hydrogen-bond acceptors (Lipinski definition) is 3. The Morgan fingerprint density at radius 2 is 1.90 bits per heavy atom. The molecule has 4 nitrogen and oxygen atoms in total. The van der Waals surface area contributed by atoms with Crippen molar-refractivity contribution < 1.29 is 18.3 Å². The highest BCUT2D eigenvalue weighted by Gasteiger charge is 2.14. The van der Waals surface area contributed by atoms with Gasteiger partial charge in [-0.25, -0.2) is 13.6 Å². The van der Waals surface area contributed by atoms with E-state index in [1.807, 2.05) is 6.92 Å². The summed E-state index contributed by atoms with van der Waals surface area (Å²) in [4.78, 5) is 11.9. The van der Waals surface area contributed by atoms with Crippen molar-refractivity contribution in [2.24, 2.45) is 0 Å². The van der Waals surface area contributed by atoms with E-state index in [0.717, 1.165) is 18.2 Å². The van der Waals surface area contributed by atoms with Gasteiger partial charge in [-0.15, -0.1) is 0 Å². The van der Waals surface area contributed by atoms with Gasteiger partial charge in [0, 0.05) is 18.8 Å². The van der Waals surface area contributed by atoms with Crippen molar-refractivity contribution >= 4 is 11.7 Å². The van der Waals surface area contributed by atoms with E-state index in [1.165, 1.54) is 6.07 Å². The van der Waals surface area contributed by atoms with Gasteiger partial charge in [-0.3, -0.25) is 0 Å². The number of carbonyl (C=O) groups excluding carboxylic acids is 1. The second kappa shape index (κ2) is 5.73. The van der Waals surface area contributed by atoms with Gasteiger partial charge in [0.1, 0.15) is 23.9 Å². The van der Waals surface area contributed by atoms with Crippen LogP contribution in [0.1, 0.15) is 23.0 Å². The zero-order valence-corrected chi connectivity index (χ0v) is 10.9. The zero-order valence-electron chi connectivity index (χ0n) is 10.9. The number of ether oxygens (including phenoxy) is 1. The molecule has 2 N–H and O–H groups in total. The minimum absolute atomic E-state index is 0.206. The molecule has 0 spiro atoms. The number of benzene rings is 1. The molecule has 1 aromatic carbocycles. The molecule has 0 aliphatic rings. The number of esters is 1. The quantitative estimate of drug-likeness (QED) is 0.876. The van der Waals surface area contributed by atoms with E-state index >= 15 is 0 Å². The number of aryl methyl sites for hydroxylation is 1. The van der Waals surface area contributed by atoms with Crippen LogP contribution in [-0.4, -0.2) is 10.5 Å². The van der Waals surface area contributed by atoms with E-state index in [0.29, 0.717) is 17.9 Å². The third-order valence-corrected chi connectivity index (χ3v) is 2.76. The minimum atomic E-state index is -0.711. The lowest BCUT2D eigenvalue weighted by atomic mass is 10.2. The molecule has 0 fully saturated rings. The van der Waals surface area contributed by atoms with Crippen LogP contribution in [0.15, 0.2) is 30.5 Å². The Kier molecular flexibility index (Phi) is 4.02. The number of halogens is 2. The molecule has 0 saturated heterocycles. The van der Waals surface area contributed by atoms with Gasteiger partial charge < -0.3 is 15.0 Å². The molecule has 2 rings (SSSR count). The van der Waals surface area contributed by atoms with E-state index in [1.54, 1.807) is 10.8 Å². The smallest absolute Gasteiger partial charge is 0.355 e. The topological polar surface area (TPSA) is 57.2 Å². The van der Waals surface area contributed by atoms with Crippen molar-refractivity contribution in [1.29, 1.82) is 0 Å². The number of nitrogens with two attached hydrogens (primary N) is 1. The first-order valence-electron chi connectivity index (χ1n) is 6.07. The summed E-state index contributed by atoms with van der Waals surface area (Å²) in [5, 5.41) is 0. The lowest BCUT2D eigenvalue weighted by Gasteiger charge is -2.07. The van der Waals surface area contributed by atoms with Crippen molar-refractivity contribution in [3.63, 3.8) is 0 Å². The summed E-state index contributed by atoms with van der Waals surface area (Å²) < 4.78 is 32.7. The first kappa shape index (κ1) is 14.0. The maximum atomic E-state index is 13.0. The molecule has 0 amide bonds. The van der Waals surface area contributed by atoms with Crippen LogP contribution >= 0.6 is 0 Å².